The van der Waals surface area contributed by atoms with Gasteiger partial charge in [0, 0.05) is 6.61 Å². The summed E-state index contributed by atoms with van der Waals surface area (Å²) in [4.78, 5) is 0. The fourth-order valence-electron chi connectivity index (χ4n) is 0.354. The van der Waals surface area contributed by atoms with E-state index in [4.69, 9.17) is 27.9 Å². The van der Waals surface area contributed by atoms with Crippen molar-refractivity contribution in [2.45, 2.75) is 33.3 Å². The summed E-state index contributed by atoms with van der Waals surface area (Å²) in [5.41, 5.74) is 0. The molecule has 0 fully saturated rings. The van der Waals surface area contributed by atoms with Crippen molar-refractivity contribution in [3.05, 3.63) is 0 Å². The molecule has 0 saturated heterocycles. The molecule has 3 heteroatoms. The molecule has 0 bridgehead atoms. The molecule has 0 aromatic heterocycles. The Bertz CT molecular complexity index is 48.9. The Morgan fingerprint density at radius 1 is 1.30 bits per heavy atom. The van der Waals surface area contributed by atoms with Crippen molar-refractivity contribution in [1.82, 2.24) is 0 Å². The zero-order valence-corrected chi connectivity index (χ0v) is 8.37. The number of halogens is 2. The molecule has 0 rings (SSSR count). The monoisotopic (exact) mass is 186 g/mol. The van der Waals surface area contributed by atoms with Gasteiger partial charge in [-0.25, -0.2) is 0 Å². The Labute approximate surface area is 73.7 Å². The van der Waals surface area contributed by atoms with E-state index in [1.807, 2.05) is 0 Å². The summed E-state index contributed by atoms with van der Waals surface area (Å²) in [6.45, 7) is 7.12. The molecule has 0 spiro atoms. The zero-order chi connectivity index (χ0) is 8.41. The van der Waals surface area contributed by atoms with Gasteiger partial charge >= 0.3 is 0 Å². The maximum atomic E-state index is 5.19. The van der Waals surface area contributed by atoms with Gasteiger partial charge in [-0.2, -0.15) is 0 Å². The van der Waals surface area contributed by atoms with Crippen LogP contribution in [-0.4, -0.2) is 18.1 Å². The molecular weight excluding hydrogens is 171 g/mol. The summed E-state index contributed by atoms with van der Waals surface area (Å²) in [5, 5.41) is 0.194. The highest BCUT2D eigenvalue weighted by Gasteiger charge is 1.86. The van der Waals surface area contributed by atoms with Crippen molar-refractivity contribution in [3.8, 4) is 0 Å². The van der Waals surface area contributed by atoms with Crippen LogP contribution in [0.2, 0.25) is 0 Å². The van der Waals surface area contributed by atoms with Crippen LogP contribution in [0.5, 0.6) is 0 Å². The van der Waals surface area contributed by atoms with Crippen molar-refractivity contribution < 1.29 is 4.74 Å². The summed E-state index contributed by atoms with van der Waals surface area (Å²) >= 11 is 9.53. The third kappa shape index (κ3) is 23.6. The second-order valence-electron chi connectivity index (χ2n) is 2.02. The Balaban J connectivity index is 0. The second kappa shape index (κ2) is 12.2. The standard InChI is InChI=1S/C6H14O.CH2Cl2/c1-4-5-7-6(2)3;2-1-3/h6H,4-5H2,1-3H3;1H2. The van der Waals surface area contributed by atoms with Crippen LogP contribution in [0.25, 0.3) is 0 Å². The van der Waals surface area contributed by atoms with E-state index in [0.717, 1.165) is 13.0 Å². The highest BCUT2D eigenvalue weighted by Crippen LogP contribution is 1.87. The lowest BCUT2D eigenvalue weighted by Crippen LogP contribution is -2.01. The van der Waals surface area contributed by atoms with Gasteiger partial charge in [0.2, 0.25) is 0 Å². The summed E-state index contributed by atoms with van der Waals surface area (Å²) in [6.07, 6.45) is 1.53. The molecular formula is C7H16Cl2O. The fourth-order valence-corrected chi connectivity index (χ4v) is 0.354. The molecule has 0 aliphatic rings. The lowest BCUT2D eigenvalue weighted by molar-refractivity contribution is 0.0794. The molecule has 0 aliphatic heterocycles. The number of rotatable bonds is 3. The van der Waals surface area contributed by atoms with Crippen LogP contribution in [0.15, 0.2) is 0 Å². The van der Waals surface area contributed by atoms with Crippen LogP contribution in [0.4, 0.5) is 0 Å². The molecule has 1 nitrogen and oxygen atoms in total. The molecule has 0 N–H and O–H groups in total. The second-order valence-corrected chi connectivity index (χ2v) is 2.83. The molecule has 0 aromatic rings. The van der Waals surface area contributed by atoms with Gasteiger partial charge in [0.15, 0.2) is 0 Å². The first-order valence-corrected chi connectivity index (χ1v) is 4.49. The molecule has 0 heterocycles. The number of ether oxygens (including phenoxy) is 1. The summed E-state index contributed by atoms with van der Waals surface area (Å²) in [6, 6.07) is 0. The lowest BCUT2D eigenvalue weighted by atomic mass is 10.4. The summed E-state index contributed by atoms with van der Waals surface area (Å²) in [5.74, 6) is 0. The molecule has 0 saturated carbocycles. The first-order chi connectivity index (χ1) is 4.68. The molecule has 0 aromatic carbocycles. The van der Waals surface area contributed by atoms with Gasteiger partial charge in [-0.05, 0) is 20.3 Å². The molecule has 0 unspecified atom stereocenters. The smallest absolute Gasteiger partial charge is 0.0967 e. The van der Waals surface area contributed by atoms with E-state index in [1.54, 1.807) is 0 Å². The van der Waals surface area contributed by atoms with Crippen LogP contribution in [0, 0.1) is 0 Å². The average Bonchev–Trinajstić information content (AvgIpc) is 1.85. The largest absolute Gasteiger partial charge is 0.379 e. The van der Waals surface area contributed by atoms with Crippen molar-refractivity contribution in [3.63, 3.8) is 0 Å². The number of hydrogen-bond acceptors (Lipinski definition) is 1. The molecule has 0 amide bonds. The van der Waals surface area contributed by atoms with Gasteiger partial charge in [0.25, 0.3) is 0 Å². The third-order valence-corrected chi connectivity index (χ3v) is 0.655. The molecule has 64 valence electrons. The summed E-state index contributed by atoms with van der Waals surface area (Å²) < 4.78 is 5.19. The fraction of sp³-hybridized carbons (Fsp3) is 1.00. The molecule has 0 aliphatic carbocycles. The molecule has 0 radical (unpaired) electrons. The minimum absolute atomic E-state index is 0.194. The van der Waals surface area contributed by atoms with Gasteiger partial charge in [-0.15, -0.1) is 23.2 Å². The van der Waals surface area contributed by atoms with Gasteiger partial charge in [-0.3, -0.25) is 0 Å². The number of alkyl halides is 2. The first kappa shape index (κ1) is 13.2. The average molecular weight is 187 g/mol. The molecule has 10 heavy (non-hydrogen) atoms. The van der Waals surface area contributed by atoms with Crippen LogP contribution >= 0.6 is 23.2 Å². The first-order valence-electron chi connectivity index (χ1n) is 3.42. The van der Waals surface area contributed by atoms with Crippen LogP contribution in [0.1, 0.15) is 27.2 Å². The Morgan fingerprint density at radius 2 is 1.70 bits per heavy atom. The maximum absolute atomic E-state index is 5.19. The van der Waals surface area contributed by atoms with Gasteiger partial charge in [0.1, 0.15) is 0 Å². The quantitative estimate of drug-likeness (QED) is 0.616. The van der Waals surface area contributed by atoms with E-state index >= 15 is 0 Å². The van der Waals surface area contributed by atoms with E-state index in [-0.39, 0.29) is 5.34 Å². The van der Waals surface area contributed by atoms with Crippen molar-refractivity contribution in [2.24, 2.45) is 0 Å². The molecule has 0 atom stereocenters. The van der Waals surface area contributed by atoms with E-state index in [0.29, 0.717) is 6.10 Å². The van der Waals surface area contributed by atoms with Gasteiger partial charge in [0.05, 0.1) is 11.4 Å². The minimum atomic E-state index is 0.194. The van der Waals surface area contributed by atoms with E-state index in [9.17, 15) is 0 Å². The van der Waals surface area contributed by atoms with Crippen molar-refractivity contribution in [2.75, 3.05) is 11.9 Å². The topological polar surface area (TPSA) is 9.23 Å². The Kier molecular flexibility index (Phi) is 16.1. The van der Waals surface area contributed by atoms with Crippen LogP contribution in [-0.2, 0) is 4.74 Å². The van der Waals surface area contributed by atoms with E-state index in [1.165, 1.54) is 0 Å². The predicted molar refractivity (Wildman–Crippen MR) is 48.0 cm³/mol. The number of hydrogen-bond donors (Lipinski definition) is 0. The predicted octanol–water partition coefficient (Wildman–Crippen LogP) is 3.24. The van der Waals surface area contributed by atoms with Crippen molar-refractivity contribution in [1.29, 1.82) is 0 Å². The van der Waals surface area contributed by atoms with E-state index in [2.05, 4.69) is 20.8 Å². The van der Waals surface area contributed by atoms with Gasteiger partial charge in [-0.1, -0.05) is 6.92 Å². The highest BCUT2D eigenvalue weighted by molar-refractivity contribution is 6.40. The van der Waals surface area contributed by atoms with Gasteiger partial charge < -0.3 is 4.74 Å². The van der Waals surface area contributed by atoms with Crippen molar-refractivity contribution >= 4 is 23.2 Å². The highest BCUT2D eigenvalue weighted by atomic mass is 35.5. The normalized spacial score (nSPS) is 9.00. The maximum Gasteiger partial charge on any atom is 0.0967 e. The van der Waals surface area contributed by atoms with Crippen LogP contribution < -0.4 is 0 Å². The lowest BCUT2D eigenvalue weighted by Gasteiger charge is -2.03. The third-order valence-electron chi connectivity index (χ3n) is 0.655. The Hall–Kier alpha value is 0.540. The minimum Gasteiger partial charge on any atom is -0.379 e. The summed E-state index contributed by atoms with van der Waals surface area (Å²) in [7, 11) is 0. The Morgan fingerprint density at radius 3 is 1.80 bits per heavy atom. The van der Waals surface area contributed by atoms with E-state index < -0.39 is 0 Å². The SMILES string of the molecule is CCCOC(C)C.ClCCl. The zero-order valence-electron chi connectivity index (χ0n) is 6.86. The van der Waals surface area contributed by atoms with Crippen LogP contribution in [0.3, 0.4) is 0 Å².